The fourth-order valence-electron chi connectivity index (χ4n) is 3.76. The van der Waals surface area contributed by atoms with E-state index in [1.807, 2.05) is 54.6 Å². The molecular weight excluding hydrogens is 444 g/mol. The van der Waals surface area contributed by atoms with Crippen molar-refractivity contribution in [2.45, 2.75) is 6.42 Å². The largest absolute Gasteiger partial charge is 0.489 e. The van der Waals surface area contributed by atoms with Gasteiger partial charge >= 0.3 is 0 Å². The van der Waals surface area contributed by atoms with Gasteiger partial charge in [-0.25, -0.2) is 4.98 Å². The molecule has 8 heteroatoms. The Labute approximate surface area is 205 Å². The smallest absolute Gasteiger partial charge is 0.258 e. The molecule has 0 aliphatic carbocycles. The summed E-state index contributed by atoms with van der Waals surface area (Å²) in [4.78, 5) is 34.2. The third-order valence-corrected chi connectivity index (χ3v) is 5.79. The third kappa shape index (κ3) is 6.58. The Hall–Kier alpha value is -3.91. The predicted molar refractivity (Wildman–Crippen MR) is 134 cm³/mol. The van der Waals surface area contributed by atoms with Crippen LogP contribution in [0.5, 0.6) is 5.75 Å². The number of fused-ring (bicyclic) bond motifs is 2. The second-order valence-corrected chi connectivity index (χ2v) is 8.26. The highest BCUT2D eigenvalue weighted by Gasteiger charge is 2.24. The van der Waals surface area contributed by atoms with Crippen molar-refractivity contribution < 1.29 is 19.1 Å². The summed E-state index contributed by atoms with van der Waals surface area (Å²) < 4.78 is 11.6. The van der Waals surface area contributed by atoms with Gasteiger partial charge in [0.05, 0.1) is 24.5 Å². The molecule has 0 fully saturated rings. The van der Waals surface area contributed by atoms with Gasteiger partial charge in [0, 0.05) is 26.3 Å². The van der Waals surface area contributed by atoms with Crippen LogP contribution in [0, 0.1) is 0 Å². The van der Waals surface area contributed by atoms with E-state index in [1.54, 1.807) is 30.3 Å². The third-order valence-electron chi connectivity index (χ3n) is 5.79. The minimum Gasteiger partial charge on any atom is -0.489 e. The number of anilines is 2. The molecule has 1 aliphatic heterocycles. The number of nitrogens with zero attached hydrogens (tertiary/aromatic N) is 3. The topological polar surface area (TPSA) is 84.0 Å². The van der Waals surface area contributed by atoms with Crippen LogP contribution in [-0.2, 0) is 16.0 Å². The highest BCUT2D eigenvalue weighted by Crippen LogP contribution is 2.28. The van der Waals surface area contributed by atoms with Crippen molar-refractivity contribution in [2.24, 2.45) is 0 Å². The van der Waals surface area contributed by atoms with E-state index in [0.717, 1.165) is 12.0 Å². The Balaban J connectivity index is 1.51. The fraction of sp³-hybridized carbons (Fsp3) is 0.296. The number of rotatable bonds is 5. The Morgan fingerprint density at radius 1 is 1.03 bits per heavy atom. The summed E-state index contributed by atoms with van der Waals surface area (Å²) in [5.74, 6) is 0.632. The summed E-state index contributed by atoms with van der Waals surface area (Å²) in [7, 11) is 1.76. The maximum atomic E-state index is 13.6. The molecule has 0 atom stereocenters. The number of aromatic nitrogens is 1. The van der Waals surface area contributed by atoms with Crippen molar-refractivity contribution in [1.29, 1.82) is 0 Å². The summed E-state index contributed by atoms with van der Waals surface area (Å²) in [5, 5.41) is 3.23. The van der Waals surface area contributed by atoms with Crippen molar-refractivity contribution in [2.75, 3.05) is 51.8 Å². The van der Waals surface area contributed by atoms with Crippen molar-refractivity contribution in [3.63, 3.8) is 0 Å². The van der Waals surface area contributed by atoms with Crippen LogP contribution >= 0.6 is 0 Å². The maximum Gasteiger partial charge on any atom is 0.258 e. The number of para-hydroxylation sites is 2. The monoisotopic (exact) mass is 474 g/mol. The lowest BCUT2D eigenvalue weighted by Crippen LogP contribution is -2.43. The SMILES string of the molecule is CN(CCc1ccccc1)C(=O)CN1CCOCCOc2ccccc2Nc2ncccc2C1=O. The van der Waals surface area contributed by atoms with E-state index < -0.39 is 0 Å². The van der Waals surface area contributed by atoms with Crippen LogP contribution in [-0.4, -0.2) is 73.1 Å². The van der Waals surface area contributed by atoms with Crippen LogP contribution < -0.4 is 10.1 Å². The standard InChI is InChI=1S/C27H30N4O4/c1-30(15-13-21-8-3-2-4-9-21)25(32)20-31-16-17-34-18-19-35-24-12-6-5-11-23(24)29-26-22(27(31)33)10-7-14-28-26/h2-12,14H,13,15-20H2,1H3,(H,28,29). The van der Waals surface area contributed by atoms with Crippen LogP contribution in [0.3, 0.4) is 0 Å². The minimum atomic E-state index is -0.286. The van der Waals surface area contributed by atoms with Crippen molar-refractivity contribution >= 4 is 23.3 Å². The molecule has 2 amide bonds. The molecular formula is C27H30N4O4. The van der Waals surface area contributed by atoms with Gasteiger partial charge in [-0.3, -0.25) is 9.59 Å². The van der Waals surface area contributed by atoms with Gasteiger partial charge in [0.15, 0.2) is 0 Å². The summed E-state index contributed by atoms with van der Waals surface area (Å²) in [6, 6.07) is 20.9. The second kappa shape index (κ2) is 12.0. The molecule has 0 radical (unpaired) electrons. The van der Waals surface area contributed by atoms with E-state index in [9.17, 15) is 9.59 Å². The first kappa shape index (κ1) is 24.2. The van der Waals surface area contributed by atoms with Crippen LogP contribution in [0.15, 0.2) is 72.9 Å². The predicted octanol–water partition coefficient (Wildman–Crippen LogP) is 3.38. The van der Waals surface area contributed by atoms with Gasteiger partial charge < -0.3 is 24.6 Å². The maximum absolute atomic E-state index is 13.6. The molecule has 2 aromatic carbocycles. The van der Waals surface area contributed by atoms with E-state index in [-0.39, 0.29) is 24.9 Å². The van der Waals surface area contributed by atoms with E-state index >= 15 is 0 Å². The molecule has 0 bridgehead atoms. The van der Waals surface area contributed by atoms with Crippen LogP contribution in [0.4, 0.5) is 11.5 Å². The zero-order valence-corrected chi connectivity index (χ0v) is 19.9. The quantitative estimate of drug-likeness (QED) is 0.611. The molecule has 8 nitrogen and oxygen atoms in total. The van der Waals surface area contributed by atoms with Crippen LogP contribution in [0.1, 0.15) is 15.9 Å². The molecule has 1 aliphatic rings. The number of pyridine rings is 1. The summed E-state index contributed by atoms with van der Waals surface area (Å²) in [5.41, 5.74) is 2.23. The van der Waals surface area contributed by atoms with Crippen LogP contribution in [0.2, 0.25) is 0 Å². The van der Waals surface area contributed by atoms with Gasteiger partial charge in [-0.1, -0.05) is 42.5 Å². The first-order valence-corrected chi connectivity index (χ1v) is 11.7. The Morgan fingerprint density at radius 3 is 2.69 bits per heavy atom. The number of likely N-dealkylation sites (N-methyl/N-ethyl adjacent to an activating group) is 1. The molecule has 1 aromatic heterocycles. The zero-order chi connectivity index (χ0) is 24.5. The van der Waals surface area contributed by atoms with Gasteiger partial charge in [0.25, 0.3) is 5.91 Å². The van der Waals surface area contributed by atoms with Gasteiger partial charge in [0.2, 0.25) is 5.91 Å². The molecule has 0 saturated heterocycles. The van der Waals surface area contributed by atoms with Gasteiger partial charge in [-0.15, -0.1) is 0 Å². The Bertz CT molecular complexity index is 1140. The fourth-order valence-corrected chi connectivity index (χ4v) is 3.76. The number of benzene rings is 2. The number of hydrogen-bond acceptors (Lipinski definition) is 6. The number of amides is 2. The summed E-state index contributed by atoms with van der Waals surface area (Å²) in [6.07, 6.45) is 2.37. The lowest BCUT2D eigenvalue weighted by molar-refractivity contribution is -0.130. The molecule has 35 heavy (non-hydrogen) atoms. The van der Waals surface area contributed by atoms with Crippen molar-refractivity contribution in [3.8, 4) is 5.75 Å². The minimum absolute atomic E-state index is 0.0467. The first-order valence-electron chi connectivity index (χ1n) is 11.7. The molecule has 3 aromatic rings. The number of hydrogen-bond donors (Lipinski definition) is 1. The Morgan fingerprint density at radius 2 is 1.83 bits per heavy atom. The summed E-state index contributed by atoms with van der Waals surface area (Å²) >= 11 is 0. The second-order valence-electron chi connectivity index (χ2n) is 8.26. The van der Waals surface area contributed by atoms with E-state index in [4.69, 9.17) is 9.47 Å². The molecule has 4 rings (SSSR count). The van der Waals surface area contributed by atoms with E-state index in [1.165, 1.54) is 4.90 Å². The van der Waals surface area contributed by atoms with Crippen LogP contribution in [0.25, 0.3) is 0 Å². The molecule has 0 saturated carbocycles. The lowest BCUT2D eigenvalue weighted by atomic mass is 10.1. The molecule has 182 valence electrons. The average Bonchev–Trinajstić information content (AvgIpc) is 2.90. The number of ether oxygens (including phenoxy) is 2. The van der Waals surface area contributed by atoms with E-state index in [2.05, 4.69) is 10.3 Å². The highest BCUT2D eigenvalue weighted by atomic mass is 16.5. The highest BCUT2D eigenvalue weighted by molar-refractivity contribution is 6.01. The van der Waals surface area contributed by atoms with Gasteiger partial charge in [0.1, 0.15) is 24.7 Å². The first-order chi connectivity index (χ1) is 17.1. The molecule has 0 unspecified atom stereocenters. The zero-order valence-electron chi connectivity index (χ0n) is 19.9. The number of carbonyl (C=O) groups is 2. The molecule has 1 N–H and O–H groups in total. The number of nitrogens with one attached hydrogen (secondary N) is 1. The van der Waals surface area contributed by atoms with Crippen molar-refractivity contribution in [3.05, 3.63) is 84.1 Å². The molecule has 2 heterocycles. The lowest BCUT2D eigenvalue weighted by Gasteiger charge is -2.26. The Kier molecular flexibility index (Phi) is 8.30. The van der Waals surface area contributed by atoms with E-state index in [0.29, 0.717) is 49.2 Å². The molecule has 0 spiro atoms. The average molecular weight is 475 g/mol. The summed E-state index contributed by atoms with van der Waals surface area (Å²) in [6.45, 7) is 1.82. The van der Waals surface area contributed by atoms with Gasteiger partial charge in [-0.05, 0) is 36.2 Å². The number of carbonyl (C=O) groups excluding carboxylic acids is 2. The van der Waals surface area contributed by atoms with Crippen molar-refractivity contribution in [1.82, 2.24) is 14.8 Å². The van der Waals surface area contributed by atoms with Gasteiger partial charge in [-0.2, -0.15) is 0 Å². The normalized spacial score (nSPS) is 14.2.